The molecule has 0 spiro atoms. The van der Waals surface area contributed by atoms with E-state index in [4.69, 9.17) is 4.74 Å². The maximum atomic E-state index is 12.0. The second-order valence-electron chi connectivity index (χ2n) is 5.70. The molecule has 134 valence electrons. The van der Waals surface area contributed by atoms with Crippen molar-refractivity contribution in [2.24, 2.45) is 0 Å². The summed E-state index contributed by atoms with van der Waals surface area (Å²) in [7, 11) is 1.65. The number of rotatable bonds is 8. The Morgan fingerprint density at radius 3 is 2.44 bits per heavy atom. The van der Waals surface area contributed by atoms with E-state index in [1.54, 1.807) is 7.11 Å². The summed E-state index contributed by atoms with van der Waals surface area (Å²) in [5.74, 6) is 0.829. The molecule has 0 bridgehead atoms. The molecule has 5 nitrogen and oxygen atoms in total. The molecule has 0 fully saturated rings. The average molecular weight is 341 g/mol. The Labute approximate surface area is 150 Å². The zero-order valence-electron chi connectivity index (χ0n) is 15.2. The third-order valence-electron chi connectivity index (χ3n) is 4.09. The van der Waals surface area contributed by atoms with Gasteiger partial charge in [0.25, 0.3) is 0 Å². The quantitative estimate of drug-likeness (QED) is 0.765. The fraction of sp³-hybridized carbons (Fsp3) is 0.350. The first-order valence-corrected chi connectivity index (χ1v) is 8.69. The number of hydrogen-bond donors (Lipinski definition) is 2. The van der Waals surface area contributed by atoms with Crippen LogP contribution < -0.4 is 20.3 Å². The van der Waals surface area contributed by atoms with E-state index < -0.39 is 0 Å². The number of carbonyl (C=O) groups excluding carboxylic acids is 1. The fourth-order valence-electron chi connectivity index (χ4n) is 2.67. The highest BCUT2D eigenvalue weighted by atomic mass is 16.5. The van der Waals surface area contributed by atoms with Gasteiger partial charge in [0.2, 0.25) is 0 Å². The van der Waals surface area contributed by atoms with Gasteiger partial charge in [-0.2, -0.15) is 0 Å². The van der Waals surface area contributed by atoms with Crippen LogP contribution in [-0.4, -0.2) is 32.8 Å². The van der Waals surface area contributed by atoms with E-state index >= 15 is 0 Å². The highest BCUT2D eigenvalue weighted by Gasteiger charge is 2.04. The zero-order valence-corrected chi connectivity index (χ0v) is 15.2. The molecule has 0 unspecified atom stereocenters. The van der Waals surface area contributed by atoms with Crippen LogP contribution in [0.25, 0.3) is 0 Å². The molecular weight excluding hydrogens is 314 g/mol. The minimum atomic E-state index is -0.196. The van der Waals surface area contributed by atoms with Crippen LogP contribution in [0.5, 0.6) is 5.75 Å². The molecule has 0 saturated carbocycles. The number of hydrogen-bond acceptors (Lipinski definition) is 3. The number of ether oxygens (including phenoxy) is 1. The molecule has 0 radical (unpaired) electrons. The predicted molar refractivity (Wildman–Crippen MR) is 104 cm³/mol. The van der Waals surface area contributed by atoms with Crippen LogP contribution in [0.1, 0.15) is 19.4 Å². The van der Waals surface area contributed by atoms with Gasteiger partial charge in [0, 0.05) is 31.0 Å². The molecule has 2 amide bonds. The van der Waals surface area contributed by atoms with Gasteiger partial charge in [0.15, 0.2) is 0 Å². The van der Waals surface area contributed by atoms with E-state index in [0.29, 0.717) is 6.54 Å². The number of carbonyl (C=O) groups is 1. The number of methoxy groups -OCH3 is 1. The van der Waals surface area contributed by atoms with Crippen LogP contribution in [0.4, 0.5) is 16.2 Å². The molecule has 2 aromatic carbocycles. The largest absolute Gasteiger partial charge is 0.497 e. The van der Waals surface area contributed by atoms with Crippen molar-refractivity contribution in [3.63, 3.8) is 0 Å². The number of benzene rings is 2. The number of anilines is 2. The summed E-state index contributed by atoms with van der Waals surface area (Å²) in [5.41, 5.74) is 3.08. The van der Waals surface area contributed by atoms with Gasteiger partial charge in [-0.15, -0.1) is 0 Å². The van der Waals surface area contributed by atoms with Gasteiger partial charge in [-0.25, -0.2) is 4.79 Å². The van der Waals surface area contributed by atoms with Crippen molar-refractivity contribution >= 4 is 17.4 Å². The first-order valence-electron chi connectivity index (χ1n) is 8.69. The van der Waals surface area contributed by atoms with Crippen LogP contribution >= 0.6 is 0 Å². The SMILES string of the molecule is CCN(CC)c1ccc(NC(=O)NCCc2cccc(OC)c2)cc1. The van der Waals surface area contributed by atoms with E-state index in [2.05, 4.69) is 29.4 Å². The van der Waals surface area contributed by atoms with Gasteiger partial charge < -0.3 is 20.3 Å². The summed E-state index contributed by atoms with van der Waals surface area (Å²) in [5, 5.41) is 5.74. The first kappa shape index (κ1) is 18.6. The Morgan fingerprint density at radius 2 is 1.80 bits per heavy atom. The van der Waals surface area contributed by atoms with Crippen molar-refractivity contribution < 1.29 is 9.53 Å². The van der Waals surface area contributed by atoms with Crippen molar-refractivity contribution in [3.8, 4) is 5.75 Å². The number of urea groups is 1. The Balaban J connectivity index is 1.79. The third kappa shape index (κ3) is 5.71. The maximum Gasteiger partial charge on any atom is 0.319 e. The van der Waals surface area contributed by atoms with Crippen molar-refractivity contribution in [1.29, 1.82) is 0 Å². The van der Waals surface area contributed by atoms with Gasteiger partial charge in [-0.3, -0.25) is 0 Å². The second kappa shape index (κ2) is 9.57. The number of amides is 2. The van der Waals surface area contributed by atoms with Gasteiger partial charge >= 0.3 is 6.03 Å². The number of nitrogens with zero attached hydrogens (tertiary/aromatic N) is 1. The molecule has 2 aromatic rings. The van der Waals surface area contributed by atoms with E-state index in [0.717, 1.165) is 42.2 Å². The fourth-order valence-corrected chi connectivity index (χ4v) is 2.67. The van der Waals surface area contributed by atoms with Crippen LogP contribution in [0.15, 0.2) is 48.5 Å². The molecule has 5 heteroatoms. The molecule has 0 atom stereocenters. The van der Waals surface area contributed by atoms with Gasteiger partial charge in [-0.05, 0) is 62.2 Å². The topological polar surface area (TPSA) is 53.6 Å². The van der Waals surface area contributed by atoms with E-state index in [-0.39, 0.29) is 6.03 Å². The average Bonchev–Trinajstić information content (AvgIpc) is 2.64. The zero-order chi connectivity index (χ0) is 18.1. The third-order valence-corrected chi connectivity index (χ3v) is 4.09. The van der Waals surface area contributed by atoms with Gasteiger partial charge in [0.1, 0.15) is 5.75 Å². The van der Waals surface area contributed by atoms with Gasteiger partial charge in [-0.1, -0.05) is 12.1 Å². The van der Waals surface area contributed by atoms with Crippen molar-refractivity contribution in [2.75, 3.05) is 37.0 Å². The minimum Gasteiger partial charge on any atom is -0.497 e. The van der Waals surface area contributed by atoms with Crippen LogP contribution in [-0.2, 0) is 6.42 Å². The second-order valence-corrected chi connectivity index (χ2v) is 5.70. The maximum absolute atomic E-state index is 12.0. The molecule has 0 aliphatic heterocycles. The van der Waals surface area contributed by atoms with Crippen molar-refractivity contribution in [1.82, 2.24) is 5.32 Å². The standard InChI is InChI=1S/C20H27N3O2/c1-4-23(5-2)18-11-9-17(10-12-18)22-20(24)21-14-13-16-7-6-8-19(15-16)25-3/h6-12,15H,4-5,13-14H2,1-3H3,(H2,21,22,24). The predicted octanol–water partition coefficient (Wildman–Crippen LogP) is 3.91. The normalized spacial score (nSPS) is 10.2. The lowest BCUT2D eigenvalue weighted by Crippen LogP contribution is -2.30. The molecule has 25 heavy (non-hydrogen) atoms. The van der Waals surface area contributed by atoms with Crippen LogP contribution in [0.3, 0.4) is 0 Å². The summed E-state index contributed by atoms with van der Waals surface area (Å²) < 4.78 is 5.20. The number of nitrogens with one attached hydrogen (secondary N) is 2. The monoisotopic (exact) mass is 341 g/mol. The lowest BCUT2D eigenvalue weighted by Gasteiger charge is -2.21. The van der Waals surface area contributed by atoms with Crippen LogP contribution in [0.2, 0.25) is 0 Å². The van der Waals surface area contributed by atoms with Crippen molar-refractivity contribution in [3.05, 3.63) is 54.1 Å². The summed E-state index contributed by atoms with van der Waals surface area (Å²) >= 11 is 0. The minimum absolute atomic E-state index is 0.196. The van der Waals surface area contributed by atoms with Crippen LogP contribution in [0, 0.1) is 0 Å². The Kier molecular flexibility index (Phi) is 7.14. The summed E-state index contributed by atoms with van der Waals surface area (Å²) in [6.45, 7) is 6.76. The highest BCUT2D eigenvalue weighted by molar-refractivity contribution is 5.89. The first-order chi connectivity index (χ1) is 12.2. The molecule has 0 saturated heterocycles. The molecule has 0 aliphatic rings. The van der Waals surface area contributed by atoms with E-state index in [1.165, 1.54) is 0 Å². The van der Waals surface area contributed by atoms with Gasteiger partial charge in [0.05, 0.1) is 7.11 Å². The molecule has 2 rings (SSSR count). The highest BCUT2D eigenvalue weighted by Crippen LogP contribution is 2.17. The lowest BCUT2D eigenvalue weighted by atomic mass is 10.1. The molecule has 0 heterocycles. The molecule has 0 aliphatic carbocycles. The summed E-state index contributed by atoms with van der Waals surface area (Å²) in [6, 6.07) is 15.6. The summed E-state index contributed by atoms with van der Waals surface area (Å²) in [6.07, 6.45) is 0.755. The van der Waals surface area contributed by atoms with Crippen molar-refractivity contribution in [2.45, 2.75) is 20.3 Å². The lowest BCUT2D eigenvalue weighted by molar-refractivity contribution is 0.252. The Hall–Kier alpha value is -2.69. The Bertz CT molecular complexity index is 667. The molecule has 0 aromatic heterocycles. The summed E-state index contributed by atoms with van der Waals surface area (Å²) in [4.78, 5) is 14.3. The molecular formula is C20H27N3O2. The van der Waals surface area contributed by atoms with E-state index in [1.807, 2.05) is 48.5 Å². The Morgan fingerprint density at radius 1 is 1.08 bits per heavy atom. The smallest absolute Gasteiger partial charge is 0.319 e. The molecule has 2 N–H and O–H groups in total. The van der Waals surface area contributed by atoms with E-state index in [9.17, 15) is 4.79 Å².